The minimum atomic E-state index is -4.61. The summed E-state index contributed by atoms with van der Waals surface area (Å²) in [5, 5.41) is 11.4. The minimum Gasteiger partial charge on any atom is -0.454 e. The molecule has 0 atom stereocenters. The van der Waals surface area contributed by atoms with Gasteiger partial charge >= 0.3 is 12.2 Å². The summed E-state index contributed by atoms with van der Waals surface area (Å²) < 4.78 is 66.1. The van der Waals surface area contributed by atoms with Gasteiger partial charge in [0.15, 0.2) is 11.6 Å². The molecule has 39 heavy (non-hydrogen) atoms. The summed E-state index contributed by atoms with van der Waals surface area (Å²) in [4.78, 5) is 18.5. The van der Waals surface area contributed by atoms with Gasteiger partial charge in [-0.1, -0.05) is 0 Å². The van der Waals surface area contributed by atoms with E-state index in [0.717, 1.165) is 23.8 Å². The van der Waals surface area contributed by atoms with Gasteiger partial charge < -0.3 is 25.0 Å². The van der Waals surface area contributed by atoms with Crippen LogP contribution in [0.3, 0.4) is 0 Å². The minimum absolute atomic E-state index is 0.0599. The molecule has 0 radical (unpaired) electrons. The Hall–Kier alpha value is -4.65. The van der Waals surface area contributed by atoms with Crippen LogP contribution >= 0.6 is 0 Å². The van der Waals surface area contributed by atoms with Crippen LogP contribution in [0.2, 0.25) is 0 Å². The van der Waals surface area contributed by atoms with Gasteiger partial charge in [0.1, 0.15) is 5.75 Å². The molecule has 3 heterocycles. The lowest BCUT2D eigenvalue weighted by Crippen LogP contribution is -2.36. The topological polar surface area (TPSA) is 104 Å². The first kappa shape index (κ1) is 26.0. The number of anilines is 3. The molecule has 2 aromatic carbocycles. The second kappa shape index (κ2) is 11.0. The molecule has 0 saturated carbocycles. The maximum Gasteiger partial charge on any atom is 0.416 e. The summed E-state index contributed by atoms with van der Waals surface area (Å²) in [5.41, 5.74) is 0.721. The van der Waals surface area contributed by atoms with E-state index in [1.54, 1.807) is 29.4 Å². The van der Waals surface area contributed by atoms with Gasteiger partial charge in [-0.05, 0) is 36.4 Å². The molecule has 0 spiro atoms. The average Bonchev–Trinajstić information content (AvgIpc) is 3.46. The zero-order valence-corrected chi connectivity index (χ0v) is 20.3. The molecule has 0 unspecified atom stereocenters. The summed E-state index contributed by atoms with van der Waals surface area (Å²) in [6.45, 7) is 1.62. The molecule has 5 rings (SSSR count). The number of aromatic amines is 1. The van der Waals surface area contributed by atoms with Crippen LogP contribution in [0.5, 0.6) is 11.5 Å². The Morgan fingerprint density at radius 2 is 1.82 bits per heavy atom. The van der Waals surface area contributed by atoms with Gasteiger partial charge in [0.2, 0.25) is 0 Å². The maximum absolute atomic E-state index is 14.8. The number of carbonyl (C=O) groups excluding carboxylic acids is 1. The summed E-state index contributed by atoms with van der Waals surface area (Å²) in [6, 6.07) is 9.42. The molecule has 1 aliphatic heterocycles. The van der Waals surface area contributed by atoms with E-state index in [1.807, 2.05) is 0 Å². The van der Waals surface area contributed by atoms with E-state index in [4.69, 9.17) is 9.47 Å². The Kier molecular flexibility index (Phi) is 7.32. The van der Waals surface area contributed by atoms with Gasteiger partial charge in [-0.3, -0.25) is 10.1 Å². The number of nitrogens with one attached hydrogen (secondary N) is 3. The summed E-state index contributed by atoms with van der Waals surface area (Å²) in [7, 11) is 0. The first-order chi connectivity index (χ1) is 18.7. The Balaban J connectivity index is 1.27. The van der Waals surface area contributed by atoms with Gasteiger partial charge in [-0.2, -0.15) is 18.3 Å². The Bertz CT molecular complexity index is 1460. The fraction of sp³-hybridized carbons (Fsp3) is 0.192. The van der Waals surface area contributed by atoms with Gasteiger partial charge in [-0.25, -0.2) is 9.18 Å². The van der Waals surface area contributed by atoms with Crippen molar-refractivity contribution in [3.63, 3.8) is 0 Å². The summed E-state index contributed by atoms with van der Waals surface area (Å²) in [6.07, 6.45) is 0.137. The van der Waals surface area contributed by atoms with Crippen molar-refractivity contribution in [1.82, 2.24) is 15.2 Å². The number of ether oxygens (including phenoxy) is 2. The molecule has 1 saturated heterocycles. The number of pyridine rings is 1. The molecule has 4 aromatic rings. The molecule has 1 aliphatic rings. The number of hydrogen-bond acceptors (Lipinski definition) is 6. The SMILES string of the molecule is O=C(Nc1cc(N2CCOCC2)cc(C(F)(F)F)c1)Nc1ccc(Oc2ccnc(-c3cn[nH]c3)c2)c(F)c1. The third kappa shape index (κ3) is 6.44. The number of benzene rings is 2. The van der Waals surface area contributed by atoms with Crippen molar-refractivity contribution in [1.29, 1.82) is 0 Å². The van der Waals surface area contributed by atoms with Crippen molar-refractivity contribution in [2.75, 3.05) is 41.8 Å². The Morgan fingerprint density at radius 3 is 2.54 bits per heavy atom. The average molecular weight is 542 g/mol. The smallest absolute Gasteiger partial charge is 0.416 e. The highest BCUT2D eigenvalue weighted by molar-refractivity contribution is 6.00. The largest absolute Gasteiger partial charge is 0.454 e. The normalized spacial score (nSPS) is 13.7. The fourth-order valence-electron chi connectivity index (χ4n) is 3.96. The van der Waals surface area contributed by atoms with Crippen LogP contribution < -0.4 is 20.3 Å². The standard InChI is InChI=1S/C26H22F4N6O3/c27-22-12-18(1-2-24(22)39-21-3-4-31-23(13-21)16-14-32-33-15-16)34-25(37)35-19-9-17(26(28,29)30)10-20(11-19)36-5-7-38-8-6-36/h1-4,9-15H,5-8H2,(H,32,33)(H2,34,35,37). The van der Waals surface area contributed by atoms with Crippen LogP contribution in [0.4, 0.5) is 39.4 Å². The van der Waals surface area contributed by atoms with E-state index in [0.29, 0.717) is 43.4 Å². The van der Waals surface area contributed by atoms with Crippen molar-refractivity contribution in [3.8, 4) is 22.8 Å². The molecule has 3 N–H and O–H groups in total. The number of aromatic nitrogens is 3. The van der Waals surface area contributed by atoms with Gasteiger partial charge in [0, 0.05) is 60.2 Å². The van der Waals surface area contributed by atoms with E-state index < -0.39 is 23.6 Å². The monoisotopic (exact) mass is 542 g/mol. The third-order valence-electron chi connectivity index (χ3n) is 5.82. The van der Waals surface area contributed by atoms with Crippen LogP contribution in [0.15, 0.2) is 67.1 Å². The molecule has 2 aromatic heterocycles. The first-order valence-corrected chi connectivity index (χ1v) is 11.8. The number of amides is 2. The highest BCUT2D eigenvalue weighted by atomic mass is 19.4. The van der Waals surface area contributed by atoms with Crippen molar-refractivity contribution < 1.29 is 31.8 Å². The number of carbonyl (C=O) groups is 1. The molecular formula is C26H22F4N6O3. The second-order valence-electron chi connectivity index (χ2n) is 8.56. The fourth-order valence-corrected chi connectivity index (χ4v) is 3.96. The number of alkyl halides is 3. The number of halogens is 4. The molecule has 0 aliphatic carbocycles. The summed E-state index contributed by atoms with van der Waals surface area (Å²) >= 11 is 0. The first-order valence-electron chi connectivity index (χ1n) is 11.8. The number of H-pyrrole nitrogens is 1. The van der Waals surface area contributed by atoms with E-state index in [-0.39, 0.29) is 17.1 Å². The van der Waals surface area contributed by atoms with E-state index >= 15 is 0 Å². The molecule has 9 nitrogen and oxygen atoms in total. The molecule has 2 amide bonds. The number of morpholine rings is 1. The summed E-state index contributed by atoms with van der Waals surface area (Å²) in [5.74, 6) is -0.527. The lowest BCUT2D eigenvalue weighted by Gasteiger charge is -2.29. The molecule has 1 fully saturated rings. The Morgan fingerprint density at radius 1 is 1.03 bits per heavy atom. The van der Waals surface area contributed by atoms with Crippen molar-refractivity contribution in [2.24, 2.45) is 0 Å². The Labute approximate surface area is 219 Å². The van der Waals surface area contributed by atoms with Gasteiger partial charge in [0.25, 0.3) is 0 Å². The zero-order chi connectivity index (χ0) is 27.4. The second-order valence-corrected chi connectivity index (χ2v) is 8.56. The number of urea groups is 1. The van der Waals surface area contributed by atoms with Crippen LogP contribution in [0.25, 0.3) is 11.3 Å². The van der Waals surface area contributed by atoms with E-state index in [1.165, 1.54) is 24.4 Å². The predicted octanol–water partition coefficient (Wildman–Crippen LogP) is 5.90. The molecular weight excluding hydrogens is 520 g/mol. The lowest BCUT2D eigenvalue weighted by molar-refractivity contribution is -0.137. The van der Waals surface area contributed by atoms with E-state index in [2.05, 4.69) is 25.8 Å². The van der Waals surface area contributed by atoms with Crippen molar-refractivity contribution >= 4 is 23.1 Å². The van der Waals surface area contributed by atoms with Crippen LogP contribution in [0.1, 0.15) is 5.56 Å². The number of nitrogens with zero attached hydrogens (tertiary/aromatic N) is 3. The molecule has 0 bridgehead atoms. The van der Waals surface area contributed by atoms with Gasteiger partial charge in [-0.15, -0.1) is 0 Å². The highest BCUT2D eigenvalue weighted by Crippen LogP contribution is 2.35. The van der Waals surface area contributed by atoms with Crippen LogP contribution in [-0.4, -0.2) is 47.5 Å². The maximum atomic E-state index is 14.8. The number of hydrogen-bond donors (Lipinski definition) is 3. The molecule has 13 heteroatoms. The van der Waals surface area contributed by atoms with E-state index in [9.17, 15) is 22.4 Å². The highest BCUT2D eigenvalue weighted by Gasteiger charge is 2.32. The quantitative estimate of drug-likeness (QED) is 0.262. The zero-order valence-electron chi connectivity index (χ0n) is 20.3. The third-order valence-corrected chi connectivity index (χ3v) is 5.82. The lowest BCUT2D eigenvalue weighted by atomic mass is 10.1. The predicted molar refractivity (Wildman–Crippen MR) is 135 cm³/mol. The van der Waals surface area contributed by atoms with Gasteiger partial charge in [0.05, 0.1) is 30.7 Å². The van der Waals surface area contributed by atoms with Crippen molar-refractivity contribution in [3.05, 3.63) is 78.5 Å². The number of rotatable bonds is 6. The molecule has 202 valence electrons. The van der Waals surface area contributed by atoms with Crippen LogP contribution in [0, 0.1) is 5.82 Å². The van der Waals surface area contributed by atoms with Crippen LogP contribution in [-0.2, 0) is 10.9 Å². The van der Waals surface area contributed by atoms with Crippen molar-refractivity contribution in [2.45, 2.75) is 6.18 Å².